The summed E-state index contributed by atoms with van der Waals surface area (Å²) in [6, 6.07) is 7.75. The highest BCUT2D eigenvalue weighted by atomic mass is 16.3. The van der Waals surface area contributed by atoms with Crippen molar-refractivity contribution < 1.29 is 5.11 Å². The summed E-state index contributed by atoms with van der Waals surface area (Å²) < 4.78 is 0. The van der Waals surface area contributed by atoms with Gasteiger partial charge in [-0.3, -0.25) is 0 Å². The zero-order valence-electron chi connectivity index (χ0n) is 9.61. The lowest BCUT2D eigenvalue weighted by Crippen LogP contribution is -2.19. The lowest BCUT2D eigenvalue weighted by molar-refractivity contribution is 0.250. The third-order valence-corrected chi connectivity index (χ3v) is 3.96. The number of hydrogen-bond donors (Lipinski definition) is 1. The van der Waals surface area contributed by atoms with Gasteiger partial charge in [0.25, 0.3) is 0 Å². The van der Waals surface area contributed by atoms with Crippen LogP contribution in [0.2, 0.25) is 0 Å². The van der Waals surface area contributed by atoms with Crippen molar-refractivity contribution in [2.24, 2.45) is 11.8 Å². The molecule has 1 aliphatic rings. The van der Waals surface area contributed by atoms with E-state index in [1.54, 1.807) is 12.1 Å². The maximum absolute atomic E-state index is 9.25. The van der Waals surface area contributed by atoms with Gasteiger partial charge in [-0.25, -0.2) is 0 Å². The lowest BCUT2D eigenvalue weighted by Gasteiger charge is -2.32. The Morgan fingerprint density at radius 2 is 1.67 bits per heavy atom. The smallest absolute Gasteiger partial charge is 0.115 e. The highest BCUT2D eigenvalue weighted by Crippen LogP contribution is 2.39. The van der Waals surface area contributed by atoms with E-state index in [4.69, 9.17) is 0 Å². The van der Waals surface area contributed by atoms with Crippen molar-refractivity contribution >= 4 is 0 Å². The molecule has 1 fully saturated rings. The van der Waals surface area contributed by atoms with Gasteiger partial charge in [-0.05, 0) is 54.7 Å². The highest BCUT2D eigenvalue weighted by molar-refractivity contribution is 5.28. The Morgan fingerprint density at radius 1 is 1.00 bits per heavy atom. The zero-order valence-corrected chi connectivity index (χ0v) is 9.61. The molecule has 0 aromatic heterocycles. The normalized spacial score (nSPS) is 31.5. The number of rotatable bonds is 1. The lowest BCUT2D eigenvalue weighted by atomic mass is 9.73. The molecular weight excluding hydrogens is 184 g/mol. The number of aromatic hydroxyl groups is 1. The van der Waals surface area contributed by atoms with Crippen LogP contribution in [-0.4, -0.2) is 5.11 Å². The predicted molar refractivity (Wildman–Crippen MR) is 63.0 cm³/mol. The van der Waals surface area contributed by atoms with Crippen LogP contribution in [0.5, 0.6) is 5.75 Å². The molecule has 0 spiro atoms. The fourth-order valence-electron chi connectivity index (χ4n) is 2.60. The van der Waals surface area contributed by atoms with Gasteiger partial charge in [0, 0.05) is 0 Å². The third-order valence-electron chi connectivity index (χ3n) is 3.96. The Morgan fingerprint density at radius 3 is 2.27 bits per heavy atom. The third kappa shape index (κ3) is 2.34. The SMILES string of the molecule is CC1CCC(c2ccc(O)cc2)CC1C. The Kier molecular flexibility index (Phi) is 2.99. The Balaban J connectivity index is 2.08. The van der Waals surface area contributed by atoms with Crippen LogP contribution in [0.15, 0.2) is 24.3 Å². The summed E-state index contributed by atoms with van der Waals surface area (Å²) in [7, 11) is 0. The molecule has 15 heavy (non-hydrogen) atoms. The van der Waals surface area contributed by atoms with Crippen LogP contribution in [0, 0.1) is 11.8 Å². The van der Waals surface area contributed by atoms with Gasteiger partial charge in [-0.2, -0.15) is 0 Å². The summed E-state index contributed by atoms with van der Waals surface area (Å²) in [6.07, 6.45) is 3.94. The largest absolute Gasteiger partial charge is 0.508 e. The second kappa shape index (κ2) is 4.26. The molecule has 1 heteroatoms. The summed E-state index contributed by atoms with van der Waals surface area (Å²) >= 11 is 0. The zero-order chi connectivity index (χ0) is 10.8. The van der Waals surface area contributed by atoms with Gasteiger partial charge in [0.05, 0.1) is 0 Å². The van der Waals surface area contributed by atoms with Gasteiger partial charge in [0.1, 0.15) is 5.75 Å². The molecule has 1 aliphatic carbocycles. The average molecular weight is 204 g/mol. The maximum Gasteiger partial charge on any atom is 0.115 e. The van der Waals surface area contributed by atoms with Crippen LogP contribution in [0.3, 0.4) is 0 Å². The van der Waals surface area contributed by atoms with E-state index in [2.05, 4.69) is 26.0 Å². The molecule has 1 nitrogen and oxygen atoms in total. The molecule has 3 unspecified atom stereocenters. The van der Waals surface area contributed by atoms with E-state index in [1.165, 1.54) is 24.8 Å². The molecule has 1 saturated carbocycles. The van der Waals surface area contributed by atoms with Crippen molar-refractivity contribution in [3.8, 4) is 5.75 Å². The van der Waals surface area contributed by atoms with Gasteiger partial charge < -0.3 is 5.11 Å². The van der Waals surface area contributed by atoms with Gasteiger partial charge >= 0.3 is 0 Å². The molecule has 2 rings (SSSR count). The Hall–Kier alpha value is -0.980. The molecule has 0 aliphatic heterocycles. The summed E-state index contributed by atoms with van der Waals surface area (Å²) in [5, 5.41) is 9.25. The highest BCUT2D eigenvalue weighted by Gasteiger charge is 2.25. The Bertz CT molecular complexity index is 315. The minimum Gasteiger partial charge on any atom is -0.508 e. The fourth-order valence-corrected chi connectivity index (χ4v) is 2.60. The Labute approximate surface area is 92.1 Å². The minimum atomic E-state index is 0.371. The van der Waals surface area contributed by atoms with Gasteiger partial charge in [-0.15, -0.1) is 0 Å². The monoisotopic (exact) mass is 204 g/mol. The molecule has 0 radical (unpaired) electrons. The van der Waals surface area contributed by atoms with E-state index in [9.17, 15) is 5.11 Å². The summed E-state index contributed by atoms with van der Waals surface area (Å²) in [4.78, 5) is 0. The minimum absolute atomic E-state index is 0.371. The van der Waals surface area contributed by atoms with Crippen LogP contribution in [0.25, 0.3) is 0 Å². The standard InChI is InChI=1S/C14H20O/c1-10-3-4-13(9-11(10)2)12-5-7-14(15)8-6-12/h5-8,10-11,13,15H,3-4,9H2,1-2H3. The first-order valence-corrected chi connectivity index (χ1v) is 5.95. The first kappa shape index (κ1) is 10.5. The number of benzene rings is 1. The van der Waals surface area contributed by atoms with E-state index < -0.39 is 0 Å². The maximum atomic E-state index is 9.25. The molecule has 1 N–H and O–H groups in total. The van der Waals surface area contributed by atoms with Crippen LogP contribution in [0.1, 0.15) is 44.6 Å². The summed E-state index contributed by atoms with van der Waals surface area (Å²) in [5.41, 5.74) is 1.39. The van der Waals surface area contributed by atoms with Crippen molar-refractivity contribution in [3.05, 3.63) is 29.8 Å². The molecule has 0 saturated heterocycles. The first-order valence-electron chi connectivity index (χ1n) is 5.95. The van der Waals surface area contributed by atoms with E-state index in [1.807, 2.05) is 0 Å². The van der Waals surface area contributed by atoms with Crippen molar-refractivity contribution in [2.75, 3.05) is 0 Å². The average Bonchev–Trinajstić information content (AvgIpc) is 2.23. The van der Waals surface area contributed by atoms with Crippen molar-refractivity contribution in [2.45, 2.75) is 39.0 Å². The molecule has 82 valence electrons. The van der Waals surface area contributed by atoms with E-state index in [0.717, 1.165) is 11.8 Å². The molecule has 3 atom stereocenters. The first-order chi connectivity index (χ1) is 7.16. The number of hydrogen-bond acceptors (Lipinski definition) is 1. The second-order valence-corrected chi connectivity index (χ2v) is 5.06. The molecule has 0 amide bonds. The van der Waals surface area contributed by atoms with Crippen molar-refractivity contribution in [1.29, 1.82) is 0 Å². The molecule has 0 heterocycles. The second-order valence-electron chi connectivity index (χ2n) is 5.06. The van der Waals surface area contributed by atoms with Crippen molar-refractivity contribution in [3.63, 3.8) is 0 Å². The van der Waals surface area contributed by atoms with E-state index in [0.29, 0.717) is 11.7 Å². The molecular formula is C14H20O. The predicted octanol–water partition coefficient (Wildman–Crippen LogP) is 3.93. The van der Waals surface area contributed by atoms with Crippen molar-refractivity contribution in [1.82, 2.24) is 0 Å². The van der Waals surface area contributed by atoms with E-state index in [-0.39, 0.29) is 0 Å². The number of phenolic OH excluding ortho intramolecular Hbond substituents is 1. The van der Waals surface area contributed by atoms with Crippen LogP contribution < -0.4 is 0 Å². The van der Waals surface area contributed by atoms with Gasteiger partial charge in [0.15, 0.2) is 0 Å². The fraction of sp³-hybridized carbons (Fsp3) is 0.571. The van der Waals surface area contributed by atoms with Gasteiger partial charge in [-0.1, -0.05) is 26.0 Å². The molecule has 1 aromatic rings. The number of phenols is 1. The van der Waals surface area contributed by atoms with Crippen LogP contribution >= 0.6 is 0 Å². The summed E-state index contributed by atoms with van der Waals surface area (Å²) in [6.45, 7) is 4.72. The quantitative estimate of drug-likeness (QED) is 0.734. The topological polar surface area (TPSA) is 20.2 Å². The van der Waals surface area contributed by atoms with Crippen LogP contribution in [-0.2, 0) is 0 Å². The molecule has 0 bridgehead atoms. The molecule has 1 aromatic carbocycles. The van der Waals surface area contributed by atoms with E-state index >= 15 is 0 Å². The van der Waals surface area contributed by atoms with Crippen LogP contribution in [0.4, 0.5) is 0 Å². The van der Waals surface area contributed by atoms with Gasteiger partial charge in [0.2, 0.25) is 0 Å². The summed E-state index contributed by atoms with van der Waals surface area (Å²) in [5.74, 6) is 2.78.